The molecule has 2 aromatic heterocycles. The van der Waals surface area contributed by atoms with Gasteiger partial charge in [-0.05, 0) is 31.2 Å². The van der Waals surface area contributed by atoms with Crippen LogP contribution in [0.15, 0.2) is 22.6 Å². The highest BCUT2D eigenvalue weighted by molar-refractivity contribution is 7.99. The van der Waals surface area contributed by atoms with Crippen LogP contribution in [0.25, 0.3) is 0 Å². The third-order valence-corrected chi connectivity index (χ3v) is 3.10. The molecular formula is C10H9N5S. The van der Waals surface area contributed by atoms with Gasteiger partial charge in [-0.15, -0.1) is 5.10 Å². The monoisotopic (exact) mass is 231 g/mol. The molecule has 0 spiro atoms. The van der Waals surface area contributed by atoms with Crippen LogP contribution in [0.3, 0.4) is 0 Å². The highest BCUT2D eigenvalue weighted by atomic mass is 32.2. The van der Waals surface area contributed by atoms with E-state index in [2.05, 4.69) is 26.2 Å². The molecule has 0 radical (unpaired) electrons. The fraction of sp³-hybridized carbons (Fsp3) is 0.200. The lowest BCUT2D eigenvalue weighted by atomic mass is 10.1. The van der Waals surface area contributed by atoms with E-state index >= 15 is 0 Å². The molecule has 5 nitrogen and oxygen atoms in total. The van der Waals surface area contributed by atoms with Gasteiger partial charge in [0.2, 0.25) is 0 Å². The maximum absolute atomic E-state index is 9.09. The Labute approximate surface area is 96.9 Å². The fourth-order valence-corrected chi connectivity index (χ4v) is 1.99. The maximum Gasteiger partial charge on any atom is 0.171 e. The first-order valence-corrected chi connectivity index (χ1v) is 5.45. The summed E-state index contributed by atoms with van der Waals surface area (Å²) in [6, 6.07) is 2.15. The van der Waals surface area contributed by atoms with Gasteiger partial charge in [-0.25, -0.2) is 4.98 Å². The first kappa shape index (κ1) is 10.6. The first-order valence-electron chi connectivity index (χ1n) is 4.63. The van der Waals surface area contributed by atoms with Crippen molar-refractivity contribution in [2.45, 2.75) is 24.0 Å². The third kappa shape index (κ3) is 1.90. The number of nitrogens with zero attached hydrogens (tertiary/aromatic N) is 4. The molecule has 80 valence electrons. The van der Waals surface area contributed by atoms with Gasteiger partial charge in [-0.2, -0.15) is 10.4 Å². The molecule has 0 amide bonds. The number of H-pyrrole nitrogens is 1. The van der Waals surface area contributed by atoms with Gasteiger partial charge in [0.15, 0.2) is 5.16 Å². The summed E-state index contributed by atoms with van der Waals surface area (Å²) < 4.78 is 0. The second-order valence-electron chi connectivity index (χ2n) is 3.20. The van der Waals surface area contributed by atoms with Crippen LogP contribution in [0.4, 0.5) is 0 Å². The Morgan fingerprint density at radius 1 is 1.38 bits per heavy atom. The van der Waals surface area contributed by atoms with Crippen molar-refractivity contribution in [2.75, 3.05) is 0 Å². The molecule has 0 aliphatic heterocycles. The molecule has 0 saturated heterocycles. The normalized spacial score (nSPS) is 10.1. The number of nitriles is 1. The molecule has 1 N–H and O–H groups in total. The zero-order valence-corrected chi connectivity index (χ0v) is 9.67. The molecule has 16 heavy (non-hydrogen) atoms. The Bertz CT molecular complexity index is 541. The highest BCUT2D eigenvalue weighted by Crippen LogP contribution is 2.27. The average Bonchev–Trinajstić information content (AvgIpc) is 2.77. The van der Waals surface area contributed by atoms with E-state index in [1.165, 1.54) is 11.8 Å². The van der Waals surface area contributed by atoms with Gasteiger partial charge >= 0.3 is 0 Å². The third-order valence-electron chi connectivity index (χ3n) is 2.20. The summed E-state index contributed by atoms with van der Waals surface area (Å²) in [6.07, 6.45) is 3.38. The summed E-state index contributed by atoms with van der Waals surface area (Å²) in [5.41, 5.74) is 2.21. The average molecular weight is 231 g/mol. The number of aromatic amines is 1. The lowest BCUT2D eigenvalue weighted by Gasteiger charge is -2.04. The van der Waals surface area contributed by atoms with Crippen LogP contribution in [0.1, 0.15) is 16.8 Å². The minimum atomic E-state index is 0.564. The summed E-state index contributed by atoms with van der Waals surface area (Å²) >= 11 is 1.31. The fourth-order valence-electron chi connectivity index (χ4n) is 1.19. The second-order valence-corrected chi connectivity index (χ2v) is 4.18. The van der Waals surface area contributed by atoms with Crippen LogP contribution >= 0.6 is 11.8 Å². The van der Waals surface area contributed by atoms with Crippen LogP contribution in [0.2, 0.25) is 0 Å². The molecule has 0 aliphatic carbocycles. The van der Waals surface area contributed by atoms with Crippen molar-refractivity contribution in [1.82, 2.24) is 20.2 Å². The molecular weight excluding hydrogens is 222 g/mol. The van der Waals surface area contributed by atoms with Crippen molar-refractivity contribution in [1.29, 1.82) is 5.26 Å². The summed E-state index contributed by atoms with van der Waals surface area (Å²) in [5, 5.41) is 18.4. The van der Waals surface area contributed by atoms with Gasteiger partial charge in [0.1, 0.15) is 11.1 Å². The molecule has 0 aliphatic rings. The number of aryl methyl sites for hydroxylation is 1. The molecule has 2 aromatic rings. The summed E-state index contributed by atoms with van der Waals surface area (Å²) in [6.45, 7) is 3.71. The van der Waals surface area contributed by atoms with E-state index in [1.807, 2.05) is 13.8 Å². The molecule has 0 atom stereocenters. The molecule has 0 aromatic carbocycles. The second kappa shape index (κ2) is 4.33. The molecule has 0 saturated carbocycles. The van der Waals surface area contributed by atoms with Crippen molar-refractivity contribution >= 4 is 11.8 Å². The van der Waals surface area contributed by atoms with Crippen LogP contribution in [0, 0.1) is 25.2 Å². The van der Waals surface area contributed by atoms with E-state index in [0.29, 0.717) is 15.7 Å². The van der Waals surface area contributed by atoms with Crippen molar-refractivity contribution in [3.8, 4) is 6.07 Å². The van der Waals surface area contributed by atoms with Gasteiger partial charge in [-0.3, -0.25) is 0 Å². The van der Waals surface area contributed by atoms with Crippen molar-refractivity contribution < 1.29 is 0 Å². The van der Waals surface area contributed by atoms with Crippen LogP contribution in [-0.4, -0.2) is 20.2 Å². The predicted molar refractivity (Wildman–Crippen MR) is 58.9 cm³/mol. The van der Waals surface area contributed by atoms with Gasteiger partial charge in [0.25, 0.3) is 0 Å². The summed E-state index contributed by atoms with van der Waals surface area (Å²) in [7, 11) is 0. The highest BCUT2D eigenvalue weighted by Gasteiger charge is 2.12. The van der Waals surface area contributed by atoms with Gasteiger partial charge < -0.3 is 4.98 Å². The Morgan fingerprint density at radius 3 is 2.81 bits per heavy atom. The first-order chi connectivity index (χ1) is 7.72. The Kier molecular flexibility index (Phi) is 2.88. The summed E-state index contributed by atoms with van der Waals surface area (Å²) in [5.74, 6) is 0. The lowest BCUT2D eigenvalue weighted by molar-refractivity contribution is 0.867. The minimum Gasteiger partial charge on any atom is -0.339 e. The van der Waals surface area contributed by atoms with Gasteiger partial charge in [-0.1, -0.05) is 0 Å². The number of nitrogens with one attached hydrogen (secondary N) is 1. The topological polar surface area (TPSA) is 78.2 Å². The number of aromatic nitrogens is 4. The molecule has 0 fully saturated rings. The van der Waals surface area contributed by atoms with Crippen LogP contribution in [0.5, 0.6) is 0 Å². The van der Waals surface area contributed by atoms with Gasteiger partial charge in [0.05, 0.1) is 11.3 Å². The standard InChI is InChI=1S/C10H9N5S/c1-6-7(2)14-15-9(8(6)5-11)16-10-12-3-4-13-10/h3-4H,1-2H3,(H,12,13). The van der Waals surface area contributed by atoms with Crippen molar-refractivity contribution in [3.63, 3.8) is 0 Å². The van der Waals surface area contributed by atoms with Crippen LogP contribution < -0.4 is 0 Å². The minimum absolute atomic E-state index is 0.564. The maximum atomic E-state index is 9.09. The zero-order valence-electron chi connectivity index (χ0n) is 8.85. The smallest absolute Gasteiger partial charge is 0.171 e. The number of hydrogen-bond acceptors (Lipinski definition) is 5. The Morgan fingerprint density at radius 2 is 2.19 bits per heavy atom. The Hall–Kier alpha value is -1.87. The van der Waals surface area contributed by atoms with E-state index in [1.54, 1.807) is 12.4 Å². The van der Waals surface area contributed by atoms with Gasteiger partial charge in [0, 0.05) is 12.4 Å². The largest absolute Gasteiger partial charge is 0.339 e. The van der Waals surface area contributed by atoms with E-state index in [-0.39, 0.29) is 0 Å². The lowest BCUT2D eigenvalue weighted by Crippen LogP contribution is -1.98. The van der Waals surface area contributed by atoms with E-state index < -0.39 is 0 Å². The quantitative estimate of drug-likeness (QED) is 0.853. The van der Waals surface area contributed by atoms with E-state index in [0.717, 1.165) is 11.3 Å². The molecule has 0 unspecified atom stereocenters. The zero-order chi connectivity index (χ0) is 11.5. The van der Waals surface area contributed by atoms with Crippen molar-refractivity contribution in [2.24, 2.45) is 0 Å². The molecule has 2 heterocycles. The van der Waals surface area contributed by atoms with E-state index in [4.69, 9.17) is 5.26 Å². The summed E-state index contributed by atoms with van der Waals surface area (Å²) in [4.78, 5) is 7.01. The number of rotatable bonds is 2. The molecule has 0 bridgehead atoms. The Balaban J connectivity index is 2.42. The number of imidazole rings is 1. The predicted octanol–water partition coefficient (Wildman–Crippen LogP) is 1.84. The van der Waals surface area contributed by atoms with Crippen LogP contribution in [-0.2, 0) is 0 Å². The number of hydrogen-bond donors (Lipinski definition) is 1. The SMILES string of the molecule is Cc1nnc(Sc2ncc[nH]2)c(C#N)c1C. The van der Waals surface area contributed by atoms with E-state index in [9.17, 15) is 0 Å². The molecule has 2 rings (SSSR count). The van der Waals surface area contributed by atoms with Crippen molar-refractivity contribution in [3.05, 3.63) is 29.2 Å². The molecule has 6 heteroatoms.